The Labute approximate surface area is 222 Å². The van der Waals surface area contributed by atoms with E-state index in [2.05, 4.69) is 0 Å². The van der Waals surface area contributed by atoms with Crippen LogP contribution in [0, 0.1) is 0 Å². The first kappa shape index (κ1) is 29.0. The van der Waals surface area contributed by atoms with Gasteiger partial charge in [0.1, 0.15) is 4.90 Å². The SMILES string of the molecule is CCS(=O)(=O)c1c(Cl)cc(Cl)cc1N(C)C(=O)c1ccc(CN2CCN(C(=O)O)CC2)c(C(F)(F)F)c1. The number of alkyl halides is 3. The lowest BCUT2D eigenvalue weighted by atomic mass is 10.0. The fourth-order valence-electron chi connectivity index (χ4n) is 4.00. The summed E-state index contributed by atoms with van der Waals surface area (Å²) < 4.78 is 67.2. The second-order valence-corrected chi connectivity index (χ2v) is 11.5. The third-order valence-corrected chi connectivity index (χ3v) is 8.48. The molecule has 1 N–H and O–H groups in total. The molecule has 0 saturated carbocycles. The Bertz CT molecular complexity index is 1310. The summed E-state index contributed by atoms with van der Waals surface area (Å²) in [6.07, 6.45) is -5.86. The Morgan fingerprint density at radius 1 is 1.08 bits per heavy atom. The molecule has 0 radical (unpaired) electrons. The van der Waals surface area contributed by atoms with E-state index in [0.717, 1.165) is 11.0 Å². The van der Waals surface area contributed by atoms with Crippen molar-refractivity contribution in [2.24, 2.45) is 0 Å². The fraction of sp³-hybridized carbons (Fsp3) is 0.391. The number of piperazine rings is 1. The molecule has 1 heterocycles. The number of rotatable bonds is 6. The van der Waals surface area contributed by atoms with Gasteiger partial charge in [-0.15, -0.1) is 0 Å². The monoisotopic (exact) mass is 581 g/mol. The van der Waals surface area contributed by atoms with Crippen LogP contribution in [0.1, 0.15) is 28.4 Å². The zero-order valence-electron chi connectivity index (χ0n) is 19.8. The summed E-state index contributed by atoms with van der Waals surface area (Å²) in [7, 11) is -2.69. The van der Waals surface area contributed by atoms with Crippen LogP contribution in [0.15, 0.2) is 35.2 Å². The first-order valence-corrected chi connectivity index (χ1v) is 13.5. The molecule has 1 fully saturated rings. The van der Waals surface area contributed by atoms with E-state index < -0.39 is 33.6 Å². The molecule has 2 aromatic carbocycles. The van der Waals surface area contributed by atoms with E-state index in [9.17, 15) is 31.2 Å². The van der Waals surface area contributed by atoms with Gasteiger partial charge in [-0.2, -0.15) is 13.2 Å². The molecule has 14 heteroatoms. The van der Waals surface area contributed by atoms with E-state index in [4.69, 9.17) is 28.3 Å². The highest BCUT2D eigenvalue weighted by Crippen LogP contribution is 2.37. The van der Waals surface area contributed by atoms with Crippen LogP contribution in [0.2, 0.25) is 10.0 Å². The Morgan fingerprint density at radius 2 is 1.70 bits per heavy atom. The number of anilines is 1. The second kappa shape index (κ2) is 11.1. The van der Waals surface area contributed by atoms with Crippen molar-refractivity contribution in [3.8, 4) is 0 Å². The van der Waals surface area contributed by atoms with Gasteiger partial charge in [-0.05, 0) is 29.8 Å². The van der Waals surface area contributed by atoms with E-state index in [-0.39, 0.29) is 70.2 Å². The van der Waals surface area contributed by atoms with Crippen LogP contribution in [0.3, 0.4) is 0 Å². The first-order chi connectivity index (χ1) is 17.2. The van der Waals surface area contributed by atoms with Crippen LogP contribution < -0.4 is 4.90 Å². The van der Waals surface area contributed by atoms with E-state index in [1.807, 2.05) is 0 Å². The molecule has 0 unspecified atom stereocenters. The smallest absolute Gasteiger partial charge is 0.416 e. The molecular formula is C23H24Cl2F3N3O5S. The van der Waals surface area contributed by atoms with Gasteiger partial charge in [0.25, 0.3) is 5.91 Å². The van der Waals surface area contributed by atoms with Gasteiger partial charge >= 0.3 is 12.3 Å². The Hall–Kier alpha value is -2.54. The standard InChI is InChI=1S/C23H24Cl2F3N3O5S/c1-3-37(35,36)20-18(25)11-16(24)12-19(20)29(2)21(32)14-4-5-15(17(10-14)23(26,27)28)13-30-6-8-31(9-7-30)22(33)34/h4-5,10-12H,3,6-9,13H2,1-2H3,(H,33,34). The number of hydrogen-bond donors (Lipinski definition) is 1. The predicted octanol–water partition coefficient (Wildman–Crippen LogP) is 4.88. The number of carbonyl (C=O) groups excluding carboxylic acids is 1. The van der Waals surface area contributed by atoms with Crippen LogP contribution in [0.5, 0.6) is 0 Å². The quantitative estimate of drug-likeness (QED) is 0.522. The molecule has 2 amide bonds. The number of hydrogen-bond acceptors (Lipinski definition) is 5. The number of nitrogens with zero attached hydrogens (tertiary/aromatic N) is 3. The van der Waals surface area contributed by atoms with Crippen LogP contribution in [0.4, 0.5) is 23.7 Å². The van der Waals surface area contributed by atoms with Crippen molar-refractivity contribution in [1.29, 1.82) is 0 Å². The van der Waals surface area contributed by atoms with Crippen molar-refractivity contribution in [3.05, 3.63) is 57.1 Å². The molecular weight excluding hydrogens is 558 g/mol. The van der Waals surface area contributed by atoms with Crippen molar-refractivity contribution in [2.75, 3.05) is 43.9 Å². The molecule has 0 aliphatic carbocycles. The van der Waals surface area contributed by atoms with Gasteiger partial charge in [0.05, 0.1) is 22.0 Å². The third kappa shape index (κ3) is 6.49. The van der Waals surface area contributed by atoms with E-state index in [1.165, 1.54) is 43.1 Å². The molecule has 0 bridgehead atoms. The lowest BCUT2D eigenvalue weighted by molar-refractivity contribution is -0.138. The summed E-state index contributed by atoms with van der Waals surface area (Å²) >= 11 is 12.2. The highest BCUT2D eigenvalue weighted by Gasteiger charge is 2.35. The minimum Gasteiger partial charge on any atom is -0.465 e. The number of carbonyl (C=O) groups is 2. The molecule has 8 nitrogen and oxygen atoms in total. The van der Waals surface area contributed by atoms with Gasteiger partial charge in [0.15, 0.2) is 9.84 Å². The Morgan fingerprint density at radius 3 is 2.24 bits per heavy atom. The van der Waals surface area contributed by atoms with Crippen LogP contribution in [-0.4, -0.2) is 74.3 Å². The van der Waals surface area contributed by atoms with Crippen molar-refractivity contribution < 1.29 is 36.3 Å². The highest BCUT2D eigenvalue weighted by molar-refractivity contribution is 7.91. The molecule has 202 valence electrons. The highest BCUT2D eigenvalue weighted by atomic mass is 35.5. The summed E-state index contributed by atoms with van der Waals surface area (Å²) in [6.45, 7) is 2.16. The molecule has 0 aromatic heterocycles. The van der Waals surface area contributed by atoms with Crippen LogP contribution in [-0.2, 0) is 22.6 Å². The average Bonchev–Trinajstić information content (AvgIpc) is 2.82. The molecule has 0 atom stereocenters. The van der Waals surface area contributed by atoms with Crippen molar-refractivity contribution in [3.63, 3.8) is 0 Å². The minimum absolute atomic E-state index is 0.0454. The number of benzene rings is 2. The number of amides is 2. The molecule has 2 aromatic rings. The van der Waals surface area contributed by atoms with Gasteiger partial charge in [0.2, 0.25) is 0 Å². The molecule has 0 spiro atoms. The zero-order valence-corrected chi connectivity index (χ0v) is 22.2. The van der Waals surface area contributed by atoms with Crippen molar-refractivity contribution in [2.45, 2.75) is 24.5 Å². The van der Waals surface area contributed by atoms with Crippen LogP contribution >= 0.6 is 23.2 Å². The predicted molar refractivity (Wildman–Crippen MR) is 133 cm³/mol. The zero-order chi connectivity index (χ0) is 27.7. The largest absolute Gasteiger partial charge is 0.465 e. The number of halogens is 5. The van der Waals surface area contributed by atoms with Crippen LogP contribution in [0.25, 0.3) is 0 Å². The summed E-state index contributed by atoms with van der Waals surface area (Å²) in [4.78, 5) is 27.7. The fourth-order valence-corrected chi connectivity index (χ4v) is 6.00. The molecule has 1 aliphatic heterocycles. The lowest BCUT2D eigenvalue weighted by Crippen LogP contribution is -2.47. The lowest BCUT2D eigenvalue weighted by Gasteiger charge is -2.33. The third-order valence-electron chi connectivity index (χ3n) is 6.04. The maximum Gasteiger partial charge on any atom is 0.416 e. The second-order valence-electron chi connectivity index (χ2n) is 8.42. The summed E-state index contributed by atoms with van der Waals surface area (Å²) in [5.41, 5.74) is -1.56. The number of carboxylic acid groups (broad SMARTS) is 1. The molecule has 1 saturated heterocycles. The van der Waals surface area contributed by atoms with E-state index in [1.54, 1.807) is 4.90 Å². The van der Waals surface area contributed by atoms with Gasteiger partial charge in [-0.3, -0.25) is 9.69 Å². The van der Waals surface area contributed by atoms with E-state index >= 15 is 0 Å². The van der Waals surface area contributed by atoms with Gasteiger partial charge in [-0.1, -0.05) is 36.2 Å². The summed E-state index contributed by atoms with van der Waals surface area (Å²) in [6, 6.07) is 5.57. The molecule has 3 rings (SSSR count). The minimum atomic E-state index is -4.77. The maximum atomic E-state index is 14.0. The van der Waals surface area contributed by atoms with Gasteiger partial charge in [0, 0.05) is 50.4 Å². The van der Waals surface area contributed by atoms with Gasteiger partial charge < -0.3 is 14.9 Å². The Kier molecular flexibility index (Phi) is 8.68. The summed E-state index contributed by atoms with van der Waals surface area (Å²) in [5.74, 6) is -1.21. The van der Waals surface area contributed by atoms with E-state index in [0.29, 0.717) is 0 Å². The molecule has 37 heavy (non-hydrogen) atoms. The Balaban J connectivity index is 1.95. The normalized spacial score (nSPS) is 15.1. The van der Waals surface area contributed by atoms with Gasteiger partial charge in [-0.25, -0.2) is 13.2 Å². The topological polar surface area (TPSA) is 98.2 Å². The summed E-state index contributed by atoms with van der Waals surface area (Å²) in [5, 5.41) is 8.89. The first-order valence-electron chi connectivity index (χ1n) is 11.1. The number of sulfone groups is 1. The maximum absolute atomic E-state index is 14.0. The van der Waals surface area contributed by atoms with Crippen molar-refractivity contribution >= 4 is 50.7 Å². The van der Waals surface area contributed by atoms with Crippen molar-refractivity contribution in [1.82, 2.24) is 9.80 Å². The average molecular weight is 582 g/mol. The molecule has 1 aliphatic rings.